The Morgan fingerprint density at radius 3 is 3.00 bits per heavy atom. The van der Waals surface area contributed by atoms with Crippen LogP contribution in [0.5, 0.6) is 0 Å². The lowest BCUT2D eigenvalue weighted by Gasteiger charge is -2.30. The van der Waals surface area contributed by atoms with Gasteiger partial charge in [0.25, 0.3) is 5.69 Å². The fraction of sp³-hybridized carbons (Fsp3) is 0.273. The monoisotopic (exact) mass is 234 g/mol. The van der Waals surface area contributed by atoms with E-state index in [1.807, 2.05) is 0 Å². The molecule has 0 radical (unpaired) electrons. The summed E-state index contributed by atoms with van der Waals surface area (Å²) >= 11 is 0. The lowest BCUT2D eigenvalue weighted by molar-refractivity contribution is -0.387. The normalized spacial score (nSPS) is 23.2. The summed E-state index contributed by atoms with van der Waals surface area (Å²) < 4.78 is 5.38. The van der Waals surface area contributed by atoms with Crippen LogP contribution in [0.1, 0.15) is 18.9 Å². The number of nitrogens with zero attached hydrogens (tertiary/aromatic N) is 2. The predicted molar refractivity (Wildman–Crippen MR) is 58.1 cm³/mol. The van der Waals surface area contributed by atoms with E-state index in [4.69, 9.17) is 4.74 Å². The number of hydrogen-bond acceptors (Lipinski definition) is 5. The molecule has 88 valence electrons. The van der Waals surface area contributed by atoms with Crippen LogP contribution in [0.25, 0.3) is 0 Å². The van der Waals surface area contributed by atoms with Crippen LogP contribution in [0.3, 0.4) is 0 Å². The molecule has 0 fully saturated rings. The number of aromatic nitrogens is 1. The minimum atomic E-state index is -1.00. The summed E-state index contributed by atoms with van der Waals surface area (Å²) in [5.41, 5.74) is -0.787. The van der Waals surface area contributed by atoms with Crippen molar-refractivity contribution in [3.05, 3.63) is 46.5 Å². The number of carbonyl (C=O) groups excluding carboxylic acids is 1. The van der Waals surface area contributed by atoms with E-state index in [9.17, 15) is 14.9 Å². The van der Waals surface area contributed by atoms with Crippen LogP contribution in [0.15, 0.2) is 30.8 Å². The van der Waals surface area contributed by atoms with E-state index in [-0.39, 0.29) is 17.9 Å². The van der Waals surface area contributed by atoms with Gasteiger partial charge in [0.1, 0.15) is 11.8 Å². The predicted octanol–water partition coefficient (Wildman–Crippen LogP) is 1.71. The molecule has 0 aliphatic carbocycles. The van der Waals surface area contributed by atoms with E-state index >= 15 is 0 Å². The molecule has 1 atom stereocenters. The Bertz CT molecular complexity index is 512. The molecule has 1 aromatic heterocycles. The summed E-state index contributed by atoms with van der Waals surface area (Å²) in [6.45, 7) is 1.65. The van der Waals surface area contributed by atoms with E-state index in [1.54, 1.807) is 6.92 Å². The van der Waals surface area contributed by atoms with Crippen molar-refractivity contribution in [1.29, 1.82) is 0 Å². The van der Waals surface area contributed by atoms with E-state index in [2.05, 4.69) is 4.98 Å². The molecule has 17 heavy (non-hydrogen) atoms. The van der Waals surface area contributed by atoms with Crippen LogP contribution in [-0.2, 0) is 15.1 Å². The fourth-order valence-electron chi connectivity index (χ4n) is 1.83. The fourth-order valence-corrected chi connectivity index (χ4v) is 1.83. The molecule has 6 nitrogen and oxygen atoms in total. The van der Waals surface area contributed by atoms with Crippen molar-refractivity contribution >= 4 is 11.5 Å². The number of pyridine rings is 1. The van der Waals surface area contributed by atoms with Crippen LogP contribution in [0, 0.1) is 10.1 Å². The minimum Gasteiger partial charge on any atom is -0.490 e. The van der Waals surface area contributed by atoms with Crippen LogP contribution in [0.2, 0.25) is 0 Å². The molecule has 2 rings (SSSR count). The third-order valence-corrected chi connectivity index (χ3v) is 2.66. The van der Waals surface area contributed by atoms with E-state index in [0.717, 1.165) is 6.20 Å². The SMILES string of the molecule is CC1(c2ccncc2[N+](=O)[O-])CC(=O)C=CO1. The van der Waals surface area contributed by atoms with Crippen molar-refractivity contribution in [3.8, 4) is 0 Å². The summed E-state index contributed by atoms with van der Waals surface area (Å²) in [5.74, 6) is -0.120. The van der Waals surface area contributed by atoms with Gasteiger partial charge in [0, 0.05) is 12.3 Å². The van der Waals surface area contributed by atoms with Gasteiger partial charge in [-0.15, -0.1) is 0 Å². The molecule has 1 aromatic rings. The zero-order chi connectivity index (χ0) is 12.5. The maximum Gasteiger partial charge on any atom is 0.294 e. The molecular formula is C11H10N2O4. The number of rotatable bonds is 2. The van der Waals surface area contributed by atoms with Crippen molar-refractivity contribution < 1.29 is 14.5 Å². The number of allylic oxidation sites excluding steroid dienone is 1. The lowest BCUT2D eigenvalue weighted by Crippen LogP contribution is -2.30. The average Bonchev–Trinajstić information content (AvgIpc) is 2.28. The molecule has 0 bridgehead atoms. The first-order valence-corrected chi connectivity index (χ1v) is 4.99. The van der Waals surface area contributed by atoms with Gasteiger partial charge in [0.05, 0.1) is 23.2 Å². The van der Waals surface area contributed by atoms with Crippen LogP contribution < -0.4 is 0 Å². The molecule has 0 saturated carbocycles. The van der Waals surface area contributed by atoms with Crippen LogP contribution in [-0.4, -0.2) is 15.7 Å². The quantitative estimate of drug-likeness (QED) is 0.574. The topological polar surface area (TPSA) is 82.3 Å². The summed E-state index contributed by atoms with van der Waals surface area (Å²) in [5, 5.41) is 10.9. The molecule has 0 amide bonds. The first-order valence-electron chi connectivity index (χ1n) is 4.99. The molecule has 2 heterocycles. The van der Waals surface area contributed by atoms with Gasteiger partial charge in [-0.1, -0.05) is 0 Å². The van der Waals surface area contributed by atoms with Gasteiger partial charge >= 0.3 is 0 Å². The highest BCUT2D eigenvalue weighted by Crippen LogP contribution is 2.37. The molecular weight excluding hydrogens is 224 g/mol. The van der Waals surface area contributed by atoms with Crippen LogP contribution in [0.4, 0.5) is 5.69 Å². The lowest BCUT2D eigenvalue weighted by atomic mass is 9.88. The Morgan fingerprint density at radius 2 is 2.35 bits per heavy atom. The molecule has 0 spiro atoms. The standard InChI is InChI=1S/C11H10N2O4/c1-11(6-8(14)3-5-17-11)9-2-4-12-7-10(9)13(15)16/h2-5,7H,6H2,1H3. The van der Waals surface area contributed by atoms with Crippen molar-refractivity contribution in [1.82, 2.24) is 4.98 Å². The van der Waals surface area contributed by atoms with Gasteiger partial charge in [0.15, 0.2) is 5.78 Å². The van der Waals surface area contributed by atoms with Crippen molar-refractivity contribution in [2.24, 2.45) is 0 Å². The summed E-state index contributed by atoms with van der Waals surface area (Å²) in [4.78, 5) is 25.5. The number of carbonyl (C=O) groups is 1. The van der Waals surface area contributed by atoms with Crippen molar-refractivity contribution in [2.45, 2.75) is 18.9 Å². The average molecular weight is 234 g/mol. The van der Waals surface area contributed by atoms with Crippen molar-refractivity contribution in [3.63, 3.8) is 0 Å². The van der Waals surface area contributed by atoms with Gasteiger partial charge in [-0.05, 0) is 13.0 Å². The number of ketones is 1. The molecule has 0 N–H and O–H groups in total. The highest BCUT2D eigenvalue weighted by molar-refractivity contribution is 5.91. The maximum atomic E-state index is 11.4. The van der Waals surface area contributed by atoms with Gasteiger partial charge in [0.2, 0.25) is 0 Å². The second-order valence-corrected chi connectivity index (χ2v) is 3.94. The third kappa shape index (κ3) is 2.01. The molecule has 1 aliphatic heterocycles. The van der Waals surface area contributed by atoms with E-state index in [1.165, 1.54) is 24.6 Å². The first-order chi connectivity index (χ1) is 8.03. The van der Waals surface area contributed by atoms with E-state index in [0.29, 0.717) is 5.56 Å². The first kappa shape index (κ1) is 11.3. The van der Waals surface area contributed by atoms with Gasteiger partial charge < -0.3 is 4.74 Å². The largest absolute Gasteiger partial charge is 0.490 e. The van der Waals surface area contributed by atoms with E-state index < -0.39 is 10.5 Å². The minimum absolute atomic E-state index is 0.0777. The van der Waals surface area contributed by atoms with Crippen LogP contribution >= 0.6 is 0 Å². The Kier molecular flexibility index (Phi) is 2.63. The zero-order valence-corrected chi connectivity index (χ0v) is 9.12. The Labute approximate surface area is 97.1 Å². The van der Waals surface area contributed by atoms with Crippen molar-refractivity contribution in [2.75, 3.05) is 0 Å². The highest BCUT2D eigenvalue weighted by Gasteiger charge is 2.38. The number of ether oxygens (including phenoxy) is 1. The molecule has 0 aromatic carbocycles. The molecule has 0 saturated heterocycles. The van der Waals surface area contributed by atoms with Gasteiger partial charge in [-0.2, -0.15) is 0 Å². The highest BCUT2D eigenvalue weighted by atomic mass is 16.6. The summed E-state index contributed by atoms with van der Waals surface area (Å²) in [6.07, 6.45) is 5.27. The Hall–Kier alpha value is -2.24. The second-order valence-electron chi connectivity index (χ2n) is 3.94. The Balaban J connectivity index is 2.50. The maximum absolute atomic E-state index is 11.4. The zero-order valence-electron chi connectivity index (χ0n) is 9.12. The van der Waals surface area contributed by atoms with Gasteiger partial charge in [-0.25, -0.2) is 0 Å². The molecule has 1 unspecified atom stereocenters. The Morgan fingerprint density at radius 1 is 1.59 bits per heavy atom. The molecule has 6 heteroatoms. The third-order valence-electron chi connectivity index (χ3n) is 2.66. The van der Waals surface area contributed by atoms with Gasteiger partial charge in [-0.3, -0.25) is 19.9 Å². The summed E-state index contributed by atoms with van der Waals surface area (Å²) in [6, 6.07) is 1.50. The number of nitro groups is 1. The smallest absolute Gasteiger partial charge is 0.294 e. The molecule has 1 aliphatic rings. The number of hydrogen-bond donors (Lipinski definition) is 0. The summed E-state index contributed by atoms with van der Waals surface area (Å²) in [7, 11) is 0. The second kappa shape index (κ2) is 3.97.